The normalized spacial score (nSPS) is 11.5. The van der Waals surface area contributed by atoms with Gasteiger partial charge in [0.1, 0.15) is 10.7 Å². The smallest absolute Gasteiger partial charge is 0.265 e. The first kappa shape index (κ1) is 15.3. The fraction of sp³-hybridized carbons (Fsp3) is 0.308. The van der Waals surface area contributed by atoms with Gasteiger partial charge in [-0.2, -0.15) is 5.10 Å². The Bertz CT molecular complexity index is 749. The molecule has 114 valence electrons. The van der Waals surface area contributed by atoms with Crippen LogP contribution in [0.2, 0.25) is 0 Å². The Balaban J connectivity index is 2.49. The van der Waals surface area contributed by atoms with E-state index in [1.165, 1.54) is 12.1 Å². The maximum absolute atomic E-state index is 13.4. The van der Waals surface area contributed by atoms with Gasteiger partial charge < -0.3 is 4.90 Å². The monoisotopic (exact) mass is 312 g/mol. The predicted molar refractivity (Wildman–Crippen MR) is 79.6 cm³/mol. The first-order valence-corrected chi connectivity index (χ1v) is 7.72. The Morgan fingerprint density at radius 3 is 2.48 bits per heavy atom. The van der Waals surface area contributed by atoms with E-state index in [9.17, 15) is 12.8 Å². The Morgan fingerprint density at radius 2 is 1.95 bits per heavy atom. The summed E-state index contributed by atoms with van der Waals surface area (Å²) in [6, 6.07) is 3.95. The zero-order valence-corrected chi connectivity index (χ0v) is 13.0. The third kappa shape index (κ3) is 2.99. The molecule has 1 heterocycles. The van der Waals surface area contributed by atoms with Crippen LogP contribution in [0.3, 0.4) is 0 Å². The summed E-state index contributed by atoms with van der Waals surface area (Å²) in [7, 11) is -0.342. The fourth-order valence-electron chi connectivity index (χ4n) is 2.11. The molecule has 6 nitrogen and oxygen atoms in total. The largest absolute Gasteiger partial charge is 0.376 e. The van der Waals surface area contributed by atoms with Crippen LogP contribution in [-0.4, -0.2) is 32.7 Å². The number of aryl methyl sites for hydroxylation is 2. The minimum atomic E-state index is -3.84. The summed E-state index contributed by atoms with van der Waals surface area (Å²) in [5.74, 6) is -0.515. The minimum absolute atomic E-state index is 0.0801. The number of aromatic amines is 1. The lowest BCUT2D eigenvalue weighted by atomic mass is 10.2. The van der Waals surface area contributed by atoms with Crippen molar-refractivity contribution >= 4 is 21.4 Å². The minimum Gasteiger partial charge on any atom is -0.376 e. The first-order chi connectivity index (χ1) is 9.72. The Hall–Kier alpha value is -2.09. The zero-order valence-electron chi connectivity index (χ0n) is 12.2. The van der Waals surface area contributed by atoms with Gasteiger partial charge in [0, 0.05) is 20.2 Å². The summed E-state index contributed by atoms with van der Waals surface area (Å²) in [6.45, 7) is 3.21. The van der Waals surface area contributed by atoms with Gasteiger partial charge in [-0.3, -0.25) is 9.82 Å². The van der Waals surface area contributed by atoms with Gasteiger partial charge in [-0.1, -0.05) is 0 Å². The van der Waals surface area contributed by atoms with E-state index in [0.29, 0.717) is 17.1 Å². The van der Waals surface area contributed by atoms with Crippen LogP contribution in [-0.2, 0) is 10.0 Å². The lowest BCUT2D eigenvalue weighted by Crippen LogP contribution is -2.18. The molecule has 0 amide bonds. The molecule has 0 radical (unpaired) electrons. The van der Waals surface area contributed by atoms with Crippen LogP contribution in [0.25, 0.3) is 0 Å². The summed E-state index contributed by atoms with van der Waals surface area (Å²) >= 11 is 0. The Labute approximate surface area is 123 Å². The van der Waals surface area contributed by atoms with Crippen molar-refractivity contribution in [3.05, 3.63) is 35.4 Å². The number of anilines is 2. The van der Waals surface area contributed by atoms with Crippen molar-refractivity contribution in [1.29, 1.82) is 0 Å². The van der Waals surface area contributed by atoms with Crippen molar-refractivity contribution in [2.24, 2.45) is 0 Å². The van der Waals surface area contributed by atoms with Gasteiger partial charge in [-0.05, 0) is 26.0 Å². The molecule has 1 aromatic heterocycles. The molecule has 0 aliphatic heterocycles. The number of rotatable bonds is 4. The lowest BCUT2D eigenvalue weighted by molar-refractivity contribution is 0.600. The molecule has 2 rings (SSSR count). The average Bonchev–Trinajstić information content (AvgIpc) is 2.68. The van der Waals surface area contributed by atoms with Crippen LogP contribution in [0.1, 0.15) is 11.4 Å². The van der Waals surface area contributed by atoms with Gasteiger partial charge in [0.15, 0.2) is 0 Å². The van der Waals surface area contributed by atoms with E-state index in [0.717, 1.165) is 6.07 Å². The van der Waals surface area contributed by atoms with Gasteiger partial charge in [-0.25, -0.2) is 12.8 Å². The van der Waals surface area contributed by atoms with E-state index in [2.05, 4.69) is 14.9 Å². The number of benzene rings is 1. The highest BCUT2D eigenvalue weighted by Crippen LogP contribution is 2.28. The number of sulfonamides is 1. The van der Waals surface area contributed by atoms with E-state index in [1.54, 1.807) is 32.8 Å². The maximum atomic E-state index is 13.4. The van der Waals surface area contributed by atoms with Crippen LogP contribution >= 0.6 is 0 Å². The number of hydrogen-bond acceptors (Lipinski definition) is 4. The van der Waals surface area contributed by atoms with Crippen molar-refractivity contribution in [3.8, 4) is 0 Å². The molecular formula is C13H17FN4O2S. The molecule has 8 heteroatoms. The molecule has 1 aromatic carbocycles. The molecule has 0 fully saturated rings. The van der Waals surface area contributed by atoms with Crippen LogP contribution in [0.4, 0.5) is 15.8 Å². The van der Waals surface area contributed by atoms with Crippen molar-refractivity contribution in [2.45, 2.75) is 18.7 Å². The number of hydrogen-bond donors (Lipinski definition) is 2. The highest BCUT2D eigenvalue weighted by atomic mass is 32.2. The quantitative estimate of drug-likeness (QED) is 0.905. The molecule has 0 atom stereocenters. The molecular weight excluding hydrogens is 295 g/mol. The predicted octanol–water partition coefficient (Wildman–Crippen LogP) is 2.03. The van der Waals surface area contributed by atoms with Gasteiger partial charge in [0.05, 0.1) is 22.8 Å². The van der Waals surface area contributed by atoms with Gasteiger partial charge in [-0.15, -0.1) is 0 Å². The van der Waals surface area contributed by atoms with Crippen LogP contribution in [0.5, 0.6) is 0 Å². The van der Waals surface area contributed by atoms with Gasteiger partial charge >= 0.3 is 0 Å². The van der Waals surface area contributed by atoms with E-state index in [1.807, 2.05) is 0 Å². The van der Waals surface area contributed by atoms with Crippen molar-refractivity contribution < 1.29 is 12.8 Å². The number of nitrogens with one attached hydrogen (secondary N) is 2. The van der Waals surface area contributed by atoms with Crippen LogP contribution in [0, 0.1) is 19.7 Å². The molecule has 0 bridgehead atoms. The summed E-state index contributed by atoms with van der Waals surface area (Å²) in [5.41, 5.74) is 1.55. The first-order valence-electron chi connectivity index (χ1n) is 6.23. The number of halogens is 1. The molecule has 0 aliphatic rings. The van der Waals surface area contributed by atoms with E-state index in [4.69, 9.17) is 0 Å². The topological polar surface area (TPSA) is 78.1 Å². The molecule has 0 saturated carbocycles. The summed E-state index contributed by atoms with van der Waals surface area (Å²) in [4.78, 5) is 1.78. The average molecular weight is 312 g/mol. The van der Waals surface area contributed by atoms with E-state index >= 15 is 0 Å². The number of aromatic nitrogens is 2. The van der Waals surface area contributed by atoms with Crippen molar-refractivity contribution in [3.63, 3.8) is 0 Å². The molecule has 0 saturated heterocycles. The van der Waals surface area contributed by atoms with Crippen molar-refractivity contribution in [2.75, 3.05) is 23.7 Å². The highest BCUT2D eigenvalue weighted by Gasteiger charge is 2.23. The van der Waals surface area contributed by atoms with Crippen LogP contribution < -0.4 is 9.62 Å². The molecule has 21 heavy (non-hydrogen) atoms. The third-order valence-electron chi connectivity index (χ3n) is 3.01. The molecule has 0 aliphatic carbocycles. The molecule has 0 unspecified atom stereocenters. The Kier molecular flexibility index (Phi) is 3.91. The van der Waals surface area contributed by atoms with Gasteiger partial charge in [0.2, 0.25) is 0 Å². The second-order valence-electron chi connectivity index (χ2n) is 4.92. The molecule has 2 N–H and O–H groups in total. The maximum Gasteiger partial charge on any atom is 0.265 e. The highest BCUT2D eigenvalue weighted by molar-refractivity contribution is 7.92. The van der Waals surface area contributed by atoms with Crippen molar-refractivity contribution in [1.82, 2.24) is 10.2 Å². The number of nitrogens with zero attached hydrogens (tertiary/aromatic N) is 2. The summed E-state index contributed by atoms with van der Waals surface area (Å²) < 4.78 is 40.8. The molecule has 0 spiro atoms. The summed E-state index contributed by atoms with van der Waals surface area (Å²) in [6.07, 6.45) is 0. The SMILES string of the molecule is Cc1n[nH]c(C)c1S(=O)(=O)Nc1cc(F)ccc1N(C)C. The molecule has 2 aromatic rings. The second kappa shape index (κ2) is 5.36. The second-order valence-corrected chi connectivity index (χ2v) is 6.54. The van der Waals surface area contributed by atoms with Gasteiger partial charge in [0.25, 0.3) is 10.0 Å². The van der Waals surface area contributed by atoms with E-state index < -0.39 is 15.8 Å². The standard InChI is InChI=1S/C13H17FN4O2S/c1-8-13(9(2)16-15-8)21(19,20)17-11-7-10(14)5-6-12(11)18(3)4/h5-7,17H,1-4H3,(H,15,16). The summed E-state index contributed by atoms with van der Waals surface area (Å²) in [5, 5.41) is 6.49. The van der Waals surface area contributed by atoms with Crippen LogP contribution in [0.15, 0.2) is 23.1 Å². The third-order valence-corrected chi connectivity index (χ3v) is 4.64. The Morgan fingerprint density at radius 1 is 1.29 bits per heavy atom. The lowest BCUT2D eigenvalue weighted by Gasteiger charge is -2.18. The fourth-order valence-corrected chi connectivity index (χ4v) is 3.55. The van der Waals surface area contributed by atoms with E-state index in [-0.39, 0.29) is 10.6 Å². The number of H-pyrrole nitrogens is 1. The zero-order chi connectivity index (χ0) is 15.8.